The van der Waals surface area contributed by atoms with Crippen LogP contribution >= 0.6 is 11.6 Å². The van der Waals surface area contributed by atoms with E-state index in [1.54, 1.807) is 4.68 Å². The molecule has 0 amide bonds. The quantitative estimate of drug-likeness (QED) is 0.644. The van der Waals surface area contributed by atoms with Crippen LogP contribution in [0.5, 0.6) is 0 Å². The Morgan fingerprint density at radius 1 is 1.36 bits per heavy atom. The fourth-order valence-electron chi connectivity index (χ4n) is 1.56. The molecule has 1 aromatic heterocycles. The molecule has 1 aliphatic carbocycles. The van der Waals surface area contributed by atoms with Gasteiger partial charge in [0.05, 0.1) is 6.04 Å². The molecular weight excluding hydrogens is 164 g/mol. The lowest BCUT2D eigenvalue weighted by molar-refractivity contribution is 0.454. The minimum absolute atomic E-state index is 0.414. The van der Waals surface area contributed by atoms with E-state index in [0.717, 1.165) is 12.8 Å². The second-order valence-corrected chi connectivity index (χ2v) is 3.17. The SMILES string of the molecule is Clc1nnnn1C1CCCC1. The number of aromatic nitrogens is 4. The van der Waals surface area contributed by atoms with Crippen molar-refractivity contribution < 1.29 is 0 Å². The summed E-state index contributed by atoms with van der Waals surface area (Å²) >= 11 is 5.75. The average molecular weight is 173 g/mol. The van der Waals surface area contributed by atoms with Crippen LogP contribution in [0, 0.1) is 0 Å². The van der Waals surface area contributed by atoms with Gasteiger partial charge in [-0.1, -0.05) is 17.9 Å². The first-order valence-electron chi connectivity index (χ1n) is 3.81. The van der Waals surface area contributed by atoms with Gasteiger partial charge in [-0.05, 0) is 34.9 Å². The van der Waals surface area contributed by atoms with Gasteiger partial charge in [-0.3, -0.25) is 0 Å². The molecule has 2 rings (SSSR count). The van der Waals surface area contributed by atoms with Gasteiger partial charge in [0.2, 0.25) is 5.28 Å². The molecule has 1 fully saturated rings. The Morgan fingerprint density at radius 2 is 2.09 bits per heavy atom. The molecular formula is C6H9ClN4. The highest BCUT2D eigenvalue weighted by Gasteiger charge is 2.20. The lowest BCUT2D eigenvalue weighted by atomic mass is 10.3. The molecule has 0 aromatic carbocycles. The van der Waals surface area contributed by atoms with Gasteiger partial charge in [-0.25, -0.2) is 4.68 Å². The number of nitrogens with zero attached hydrogens (tertiary/aromatic N) is 4. The second-order valence-electron chi connectivity index (χ2n) is 2.83. The smallest absolute Gasteiger partial charge is 0.213 e. The van der Waals surface area contributed by atoms with Gasteiger partial charge in [0.25, 0.3) is 0 Å². The summed E-state index contributed by atoms with van der Waals surface area (Å²) in [7, 11) is 0. The molecule has 1 aliphatic rings. The van der Waals surface area contributed by atoms with E-state index in [9.17, 15) is 0 Å². The van der Waals surface area contributed by atoms with Crippen LogP contribution in [0.4, 0.5) is 0 Å². The Bertz CT molecular complexity index is 240. The van der Waals surface area contributed by atoms with Crippen molar-refractivity contribution in [2.24, 2.45) is 0 Å². The predicted molar refractivity (Wildman–Crippen MR) is 40.3 cm³/mol. The van der Waals surface area contributed by atoms with E-state index in [1.165, 1.54) is 12.8 Å². The zero-order chi connectivity index (χ0) is 7.68. The number of rotatable bonds is 1. The molecule has 0 N–H and O–H groups in total. The zero-order valence-corrected chi connectivity index (χ0v) is 6.83. The first-order chi connectivity index (χ1) is 5.38. The van der Waals surface area contributed by atoms with Crippen LogP contribution < -0.4 is 0 Å². The molecule has 0 atom stereocenters. The van der Waals surface area contributed by atoms with Gasteiger partial charge in [0.15, 0.2) is 0 Å². The highest BCUT2D eigenvalue weighted by atomic mass is 35.5. The van der Waals surface area contributed by atoms with Crippen LogP contribution in [0.15, 0.2) is 0 Å². The maximum Gasteiger partial charge on any atom is 0.243 e. The molecule has 1 heterocycles. The van der Waals surface area contributed by atoms with E-state index < -0.39 is 0 Å². The maximum absolute atomic E-state index is 5.75. The van der Waals surface area contributed by atoms with Crippen molar-refractivity contribution in [3.05, 3.63) is 5.28 Å². The molecule has 11 heavy (non-hydrogen) atoms. The summed E-state index contributed by atoms with van der Waals surface area (Å²) in [5, 5.41) is 11.4. The zero-order valence-electron chi connectivity index (χ0n) is 6.07. The Hall–Kier alpha value is -0.640. The van der Waals surface area contributed by atoms with Gasteiger partial charge in [0.1, 0.15) is 0 Å². The van der Waals surface area contributed by atoms with Crippen molar-refractivity contribution >= 4 is 11.6 Å². The van der Waals surface area contributed by atoms with Crippen LogP contribution in [0.1, 0.15) is 31.7 Å². The van der Waals surface area contributed by atoms with Crippen molar-refractivity contribution in [1.82, 2.24) is 20.2 Å². The standard InChI is InChI=1S/C6H9ClN4/c7-6-8-9-10-11(6)5-3-1-2-4-5/h5H,1-4H2. The lowest BCUT2D eigenvalue weighted by Gasteiger charge is -2.06. The highest BCUT2D eigenvalue weighted by Crippen LogP contribution is 2.29. The predicted octanol–water partition coefficient (Wildman–Crippen LogP) is 1.44. The highest BCUT2D eigenvalue weighted by molar-refractivity contribution is 6.28. The molecule has 4 nitrogen and oxygen atoms in total. The topological polar surface area (TPSA) is 43.6 Å². The molecule has 0 radical (unpaired) electrons. The van der Waals surface area contributed by atoms with E-state index in [0.29, 0.717) is 11.3 Å². The van der Waals surface area contributed by atoms with Crippen LogP contribution in [-0.4, -0.2) is 20.2 Å². The summed E-state index contributed by atoms with van der Waals surface area (Å²) in [6, 6.07) is 0.442. The molecule has 0 aliphatic heterocycles. The van der Waals surface area contributed by atoms with E-state index in [2.05, 4.69) is 15.5 Å². The molecule has 0 saturated heterocycles. The van der Waals surface area contributed by atoms with Crippen LogP contribution in [-0.2, 0) is 0 Å². The first kappa shape index (κ1) is 7.03. The van der Waals surface area contributed by atoms with Crippen LogP contribution in [0.2, 0.25) is 5.28 Å². The van der Waals surface area contributed by atoms with Crippen LogP contribution in [0.3, 0.4) is 0 Å². The van der Waals surface area contributed by atoms with Gasteiger partial charge < -0.3 is 0 Å². The number of hydrogen-bond donors (Lipinski definition) is 0. The minimum Gasteiger partial charge on any atom is -0.213 e. The van der Waals surface area contributed by atoms with Gasteiger partial charge in [-0.15, -0.1) is 0 Å². The third-order valence-corrected chi connectivity index (χ3v) is 2.37. The second kappa shape index (κ2) is 2.77. The molecule has 0 unspecified atom stereocenters. The largest absolute Gasteiger partial charge is 0.243 e. The van der Waals surface area contributed by atoms with Crippen molar-refractivity contribution in [2.45, 2.75) is 31.7 Å². The van der Waals surface area contributed by atoms with Gasteiger partial charge in [0, 0.05) is 0 Å². The van der Waals surface area contributed by atoms with Gasteiger partial charge in [-0.2, -0.15) is 0 Å². The maximum atomic E-state index is 5.75. The summed E-state index contributed by atoms with van der Waals surface area (Å²) in [6.07, 6.45) is 4.84. The minimum atomic E-state index is 0.414. The summed E-state index contributed by atoms with van der Waals surface area (Å²) in [5.41, 5.74) is 0. The third kappa shape index (κ3) is 1.22. The Morgan fingerprint density at radius 3 is 2.64 bits per heavy atom. The normalized spacial score (nSPS) is 19.4. The van der Waals surface area contributed by atoms with E-state index in [1.807, 2.05) is 0 Å². The first-order valence-corrected chi connectivity index (χ1v) is 4.19. The lowest BCUT2D eigenvalue weighted by Crippen LogP contribution is -2.06. The Balaban J connectivity index is 2.21. The summed E-state index contributed by atoms with van der Waals surface area (Å²) < 4.78 is 1.72. The number of hydrogen-bond acceptors (Lipinski definition) is 3. The summed E-state index contributed by atoms with van der Waals surface area (Å²) in [6.45, 7) is 0. The third-order valence-electron chi connectivity index (χ3n) is 2.12. The number of tetrazole rings is 1. The van der Waals surface area contributed by atoms with Crippen LogP contribution in [0.25, 0.3) is 0 Å². The van der Waals surface area contributed by atoms with Crippen molar-refractivity contribution in [2.75, 3.05) is 0 Å². The van der Waals surface area contributed by atoms with Crippen molar-refractivity contribution in [1.29, 1.82) is 0 Å². The molecule has 5 heteroatoms. The van der Waals surface area contributed by atoms with E-state index in [4.69, 9.17) is 11.6 Å². The molecule has 0 bridgehead atoms. The monoisotopic (exact) mass is 172 g/mol. The van der Waals surface area contributed by atoms with Gasteiger partial charge >= 0.3 is 0 Å². The summed E-state index contributed by atoms with van der Waals surface area (Å²) in [5.74, 6) is 0. The van der Waals surface area contributed by atoms with E-state index in [-0.39, 0.29) is 0 Å². The number of halogens is 1. The van der Waals surface area contributed by atoms with Crippen molar-refractivity contribution in [3.8, 4) is 0 Å². The summed E-state index contributed by atoms with van der Waals surface area (Å²) in [4.78, 5) is 0. The fraction of sp³-hybridized carbons (Fsp3) is 0.833. The van der Waals surface area contributed by atoms with E-state index >= 15 is 0 Å². The molecule has 60 valence electrons. The molecule has 1 saturated carbocycles. The van der Waals surface area contributed by atoms with Crippen molar-refractivity contribution in [3.63, 3.8) is 0 Å². The Kier molecular flexibility index (Phi) is 1.77. The Labute approximate surface area is 69.5 Å². The fourth-order valence-corrected chi connectivity index (χ4v) is 1.76. The average Bonchev–Trinajstić information content (AvgIpc) is 2.55. The molecule has 0 spiro atoms. The molecule has 1 aromatic rings.